The third-order valence-electron chi connectivity index (χ3n) is 3.24. The summed E-state index contributed by atoms with van der Waals surface area (Å²) in [4.78, 5) is 35.5. The van der Waals surface area contributed by atoms with Gasteiger partial charge in [0.05, 0.1) is 6.54 Å². The molecule has 0 atom stereocenters. The number of benzene rings is 1. The van der Waals surface area contributed by atoms with Crippen molar-refractivity contribution in [2.45, 2.75) is 6.92 Å². The Labute approximate surface area is 147 Å². The summed E-state index contributed by atoms with van der Waals surface area (Å²) in [5.41, 5.74) is 6.43. The number of carbonyl (C=O) groups excluding carboxylic acids is 3. The first kappa shape index (κ1) is 17.7. The summed E-state index contributed by atoms with van der Waals surface area (Å²) >= 11 is 3.26. The van der Waals surface area contributed by atoms with Gasteiger partial charge in [-0.05, 0) is 41.1 Å². The van der Waals surface area contributed by atoms with Crippen molar-refractivity contribution in [2.75, 3.05) is 6.54 Å². The van der Waals surface area contributed by atoms with Crippen LogP contribution >= 0.6 is 15.9 Å². The number of hydrazine groups is 1. The zero-order chi connectivity index (χ0) is 17.7. The number of aromatic nitrogens is 1. The second-order valence-electron chi connectivity index (χ2n) is 5.21. The van der Waals surface area contributed by atoms with Crippen molar-refractivity contribution in [3.8, 4) is 0 Å². The van der Waals surface area contributed by atoms with Crippen LogP contribution in [0.3, 0.4) is 0 Å². The Morgan fingerprint density at radius 3 is 2.33 bits per heavy atom. The van der Waals surface area contributed by atoms with E-state index in [1.165, 1.54) is 0 Å². The van der Waals surface area contributed by atoms with Gasteiger partial charge >= 0.3 is 0 Å². The molecule has 3 amide bonds. The fraction of sp³-hybridized carbons (Fsp3) is 0.188. The summed E-state index contributed by atoms with van der Waals surface area (Å²) in [5.74, 6) is -1.35. The van der Waals surface area contributed by atoms with Crippen LogP contribution in [-0.2, 0) is 11.8 Å². The summed E-state index contributed by atoms with van der Waals surface area (Å²) in [6.07, 6.45) is 1.72. The summed E-state index contributed by atoms with van der Waals surface area (Å²) in [5, 5.41) is 2.48. The molecule has 0 radical (unpaired) electrons. The van der Waals surface area contributed by atoms with Gasteiger partial charge in [-0.15, -0.1) is 0 Å². The van der Waals surface area contributed by atoms with Crippen molar-refractivity contribution >= 4 is 33.7 Å². The van der Waals surface area contributed by atoms with Gasteiger partial charge in [-0.2, -0.15) is 0 Å². The predicted octanol–water partition coefficient (Wildman–Crippen LogP) is 1.29. The lowest BCUT2D eigenvalue weighted by atomic mass is 10.1. The first-order chi connectivity index (χ1) is 11.4. The number of carbonyl (C=O) groups is 3. The van der Waals surface area contributed by atoms with Crippen LogP contribution in [0.25, 0.3) is 0 Å². The maximum Gasteiger partial charge on any atom is 0.286 e. The molecule has 0 unspecified atom stereocenters. The van der Waals surface area contributed by atoms with Crippen LogP contribution in [0.4, 0.5) is 0 Å². The summed E-state index contributed by atoms with van der Waals surface area (Å²) in [6.45, 7) is 1.67. The maximum absolute atomic E-state index is 11.9. The third kappa shape index (κ3) is 4.69. The molecule has 0 aliphatic heterocycles. The minimum Gasteiger partial charge on any atom is -0.345 e. The maximum atomic E-state index is 11.9. The van der Waals surface area contributed by atoms with E-state index in [4.69, 9.17) is 0 Å². The van der Waals surface area contributed by atoms with Gasteiger partial charge in [0.15, 0.2) is 0 Å². The highest BCUT2D eigenvalue weighted by Gasteiger charge is 2.12. The molecule has 1 aromatic heterocycles. The van der Waals surface area contributed by atoms with Gasteiger partial charge in [0, 0.05) is 23.3 Å². The fourth-order valence-corrected chi connectivity index (χ4v) is 2.48. The van der Waals surface area contributed by atoms with E-state index in [9.17, 15) is 14.4 Å². The molecular formula is C16H17BrN4O3. The summed E-state index contributed by atoms with van der Waals surface area (Å²) in [7, 11) is 1.71. The summed E-state index contributed by atoms with van der Waals surface area (Å²) < 4.78 is 2.37. The zero-order valence-electron chi connectivity index (χ0n) is 13.2. The highest BCUT2D eigenvalue weighted by Crippen LogP contribution is 2.13. The van der Waals surface area contributed by atoms with Crippen molar-refractivity contribution in [1.29, 1.82) is 0 Å². The lowest BCUT2D eigenvalue weighted by Crippen LogP contribution is -2.46. The molecule has 0 aliphatic carbocycles. The Morgan fingerprint density at radius 1 is 1.08 bits per heavy atom. The van der Waals surface area contributed by atoms with Gasteiger partial charge in [-0.1, -0.05) is 17.7 Å². The molecule has 2 aromatic rings. The molecule has 8 heteroatoms. The van der Waals surface area contributed by atoms with Crippen molar-refractivity contribution in [2.24, 2.45) is 7.05 Å². The monoisotopic (exact) mass is 392 g/mol. The van der Waals surface area contributed by atoms with Crippen molar-refractivity contribution in [1.82, 2.24) is 20.7 Å². The molecule has 0 spiro atoms. The Bertz CT molecular complexity index is 768. The van der Waals surface area contributed by atoms with Gasteiger partial charge in [-0.25, -0.2) is 0 Å². The van der Waals surface area contributed by atoms with Crippen molar-refractivity contribution in [3.05, 3.63) is 57.8 Å². The smallest absolute Gasteiger partial charge is 0.286 e. The van der Waals surface area contributed by atoms with Crippen LogP contribution in [-0.4, -0.2) is 28.8 Å². The van der Waals surface area contributed by atoms with Gasteiger partial charge in [-0.3, -0.25) is 25.2 Å². The SMILES string of the molecule is Cc1ccc(C(=O)NCC(=O)NNC(=O)c2cc(Br)cn2C)cc1. The molecule has 1 aromatic carbocycles. The van der Waals surface area contributed by atoms with Crippen LogP contribution in [0.1, 0.15) is 26.4 Å². The first-order valence-corrected chi connectivity index (χ1v) is 7.92. The fourth-order valence-electron chi connectivity index (χ4n) is 1.95. The lowest BCUT2D eigenvalue weighted by molar-refractivity contribution is -0.120. The van der Waals surface area contributed by atoms with E-state index in [1.54, 1.807) is 36.0 Å². The van der Waals surface area contributed by atoms with Crippen molar-refractivity contribution in [3.63, 3.8) is 0 Å². The average Bonchev–Trinajstić information content (AvgIpc) is 2.89. The standard InChI is InChI=1S/C16H17BrN4O3/c1-10-3-5-11(6-4-10)15(23)18-8-14(22)19-20-16(24)13-7-12(17)9-21(13)2/h3-7,9H,8H2,1-2H3,(H,18,23)(H,19,22)(H,20,24). The van der Waals surface area contributed by atoms with Gasteiger partial charge in [0.25, 0.3) is 17.7 Å². The number of hydrogen-bond acceptors (Lipinski definition) is 3. The van der Waals surface area contributed by atoms with Crippen LogP contribution < -0.4 is 16.2 Å². The Hall–Kier alpha value is -2.61. The molecule has 0 fully saturated rings. The molecular weight excluding hydrogens is 376 g/mol. The molecule has 126 valence electrons. The molecule has 2 rings (SSSR count). The second kappa shape index (κ2) is 7.78. The van der Waals surface area contributed by atoms with E-state index in [2.05, 4.69) is 32.1 Å². The normalized spacial score (nSPS) is 10.1. The minimum absolute atomic E-state index is 0.246. The highest BCUT2D eigenvalue weighted by atomic mass is 79.9. The van der Waals surface area contributed by atoms with Crippen LogP contribution in [0.5, 0.6) is 0 Å². The lowest BCUT2D eigenvalue weighted by Gasteiger charge is -2.09. The Kier molecular flexibility index (Phi) is 5.75. The largest absolute Gasteiger partial charge is 0.345 e. The highest BCUT2D eigenvalue weighted by molar-refractivity contribution is 9.10. The molecule has 3 N–H and O–H groups in total. The molecule has 7 nitrogen and oxygen atoms in total. The predicted molar refractivity (Wildman–Crippen MR) is 92.2 cm³/mol. The number of rotatable bonds is 4. The number of nitrogens with zero attached hydrogens (tertiary/aromatic N) is 1. The van der Waals surface area contributed by atoms with Gasteiger partial charge < -0.3 is 9.88 Å². The van der Waals surface area contributed by atoms with Crippen LogP contribution in [0, 0.1) is 6.92 Å². The number of halogens is 1. The number of hydrogen-bond donors (Lipinski definition) is 3. The number of nitrogens with one attached hydrogen (secondary N) is 3. The molecule has 0 bridgehead atoms. The molecule has 0 aliphatic rings. The molecule has 0 saturated heterocycles. The minimum atomic E-state index is -0.530. The third-order valence-corrected chi connectivity index (χ3v) is 3.68. The molecule has 1 heterocycles. The quantitative estimate of drug-likeness (QED) is 0.684. The van der Waals surface area contributed by atoms with Crippen LogP contribution in [0.15, 0.2) is 41.0 Å². The topological polar surface area (TPSA) is 92.2 Å². The first-order valence-electron chi connectivity index (χ1n) is 7.12. The average molecular weight is 393 g/mol. The van der Waals surface area contributed by atoms with Crippen LogP contribution in [0.2, 0.25) is 0 Å². The van der Waals surface area contributed by atoms with Crippen molar-refractivity contribution < 1.29 is 14.4 Å². The van der Waals surface area contributed by atoms with Gasteiger partial charge in [0.1, 0.15) is 5.69 Å². The second-order valence-corrected chi connectivity index (χ2v) is 6.12. The summed E-state index contributed by atoms with van der Waals surface area (Å²) in [6, 6.07) is 8.61. The molecule has 0 saturated carbocycles. The Balaban J connectivity index is 1.79. The van der Waals surface area contributed by atoms with E-state index in [0.29, 0.717) is 11.3 Å². The van der Waals surface area contributed by atoms with E-state index in [1.807, 2.05) is 19.1 Å². The van der Waals surface area contributed by atoms with Gasteiger partial charge in [0.2, 0.25) is 0 Å². The van der Waals surface area contributed by atoms with E-state index < -0.39 is 11.8 Å². The number of amides is 3. The van der Waals surface area contributed by atoms with E-state index in [-0.39, 0.29) is 12.5 Å². The van der Waals surface area contributed by atoms with E-state index >= 15 is 0 Å². The Morgan fingerprint density at radius 2 is 1.75 bits per heavy atom. The zero-order valence-corrected chi connectivity index (χ0v) is 14.8. The molecule has 24 heavy (non-hydrogen) atoms. The number of aryl methyl sites for hydroxylation is 2. The van der Waals surface area contributed by atoms with E-state index in [0.717, 1.165) is 10.0 Å².